The van der Waals surface area contributed by atoms with Crippen LogP contribution in [0, 0.1) is 12.7 Å². The van der Waals surface area contributed by atoms with Crippen LogP contribution >= 0.6 is 0 Å². The summed E-state index contributed by atoms with van der Waals surface area (Å²) in [5.74, 6) is -0.523. The first kappa shape index (κ1) is 13.4. The van der Waals surface area contributed by atoms with Gasteiger partial charge >= 0.3 is 6.18 Å². The van der Waals surface area contributed by atoms with Gasteiger partial charge in [-0.05, 0) is 25.1 Å². The third-order valence-corrected chi connectivity index (χ3v) is 2.91. The first-order valence-corrected chi connectivity index (χ1v) is 5.37. The second-order valence-electron chi connectivity index (χ2n) is 4.14. The molecule has 1 heterocycles. The molecule has 3 nitrogen and oxygen atoms in total. The summed E-state index contributed by atoms with van der Waals surface area (Å²) in [6.45, 7) is 1.67. The Hall–Kier alpha value is -2.05. The Bertz CT molecular complexity index is 629. The molecular formula is C12H11F4N3. The van der Waals surface area contributed by atoms with Gasteiger partial charge in [0.05, 0.1) is 5.56 Å². The van der Waals surface area contributed by atoms with E-state index in [1.54, 1.807) is 18.5 Å². The molecule has 0 spiro atoms. The molecule has 0 radical (unpaired) electrons. The van der Waals surface area contributed by atoms with E-state index in [1.165, 1.54) is 6.07 Å². The number of benzene rings is 1. The Balaban J connectivity index is 2.61. The number of anilines is 1. The van der Waals surface area contributed by atoms with Gasteiger partial charge in [0.2, 0.25) is 0 Å². The van der Waals surface area contributed by atoms with Gasteiger partial charge in [-0.2, -0.15) is 13.2 Å². The van der Waals surface area contributed by atoms with Crippen molar-refractivity contribution in [3.8, 4) is 11.3 Å². The number of aromatic nitrogens is 2. The van der Waals surface area contributed by atoms with Gasteiger partial charge < -0.3 is 10.3 Å². The lowest BCUT2D eigenvalue weighted by atomic mass is 10.1. The van der Waals surface area contributed by atoms with Gasteiger partial charge in [-0.3, -0.25) is 0 Å². The summed E-state index contributed by atoms with van der Waals surface area (Å²) in [4.78, 5) is 4.08. The van der Waals surface area contributed by atoms with Crippen LogP contribution in [0.25, 0.3) is 11.3 Å². The molecule has 2 rings (SSSR count). The number of nitrogen functional groups attached to an aromatic ring is 1. The van der Waals surface area contributed by atoms with Gasteiger partial charge in [0, 0.05) is 12.6 Å². The van der Waals surface area contributed by atoms with E-state index >= 15 is 0 Å². The van der Waals surface area contributed by atoms with Gasteiger partial charge in [-0.15, -0.1) is 0 Å². The number of alkyl halides is 3. The standard InChI is InChI=1S/C12H11F4N3/c1-6-18-10(11(17)19(6)2)7-3-4-9(13)8(5-7)12(14,15)16/h3-5H,17H2,1-2H3. The zero-order valence-electron chi connectivity index (χ0n) is 10.2. The van der Waals surface area contributed by atoms with Crippen LogP contribution in [0.15, 0.2) is 18.2 Å². The van der Waals surface area contributed by atoms with E-state index in [-0.39, 0.29) is 17.1 Å². The van der Waals surface area contributed by atoms with E-state index in [0.29, 0.717) is 11.9 Å². The molecule has 1 aromatic carbocycles. The van der Waals surface area contributed by atoms with Crippen LogP contribution in [0.5, 0.6) is 0 Å². The van der Waals surface area contributed by atoms with E-state index in [9.17, 15) is 17.6 Å². The van der Waals surface area contributed by atoms with Gasteiger partial charge in [0.15, 0.2) is 0 Å². The monoisotopic (exact) mass is 273 g/mol. The van der Waals surface area contributed by atoms with Crippen LogP contribution in [-0.2, 0) is 13.2 Å². The first-order valence-electron chi connectivity index (χ1n) is 5.37. The number of rotatable bonds is 1. The van der Waals surface area contributed by atoms with E-state index in [0.717, 1.165) is 6.07 Å². The highest BCUT2D eigenvalue weighted by Crippen LogP contribution is 2.35. The summed E-state index contributed by atoms with van der Waals surface area (Å²) in [6, 6.07) is 2.71. The lowest BCUT2D eigenvalue weighted by Crippen LogP contribution is -2.08. The topological polar surface area (TPSA) is 43.8 Å². The van der Waals surface area contributed by atoms with Crippen LogP contribution in [-0.4, -0.2) is 9.55 Å². The number of halogens is 4. The largest absolute Gasteiger partial charge is 0.419 e. The fraction of sp³-hybridized carbons (Fsp3) is 0.250. The third-order valence-electron chi connectivity index (χ3n) is 2.91. The Labute approximate surface area is 106 Å². The minimum atomic E-state index is -4.75. The van der Waals surface area contributed by atoms with Gasteiger partial charge in [0.1, 0.15) is 23.2 Å². The Morgan fingerprint density at radius 2 is 1.89 bits per heavy atom. The average molecular weight is 273 g/mol. The normalized spacial score (nSPS) is 11.9. The number of imidazole rings is 1. The average Bonchev–Trinajstić information content (AvgIpc) is 2.56. The summed E-state index contributed by atoms with van der Waals surface area (Å²) < 4.78 is 52.6. The minimum absolute atomic E-state index is 0.134. The predicted molar refractivity (Wildman–Crippen MR) is 62.8 cm³/mol. The summed E-state index contributed by atoms with van der Waals surface area (Å²) >= 11 is 0. The van der Waals surface area contributed by atoms with Crippen LogP contribution in [0.1, 0.15) is 11.4 Å². The number of hydrogen-bond acceptors (Lipinski definition) is 2. The summed E-state index contributed by atoms with van der Waals surface area (Å²) in [5, 5.41) is 0. The van der Waals surface area contributed by atoms with Crippen molar-refractivity contribution in [3.05, 3.63) is 35.4 Å². The van der Waals surface area contributed by atoms with E-state index in [1.807, 2.05) is 0 Å². The van der Waals surface area contributed by atoms with Crippen LogP contribution in [0.4, 0.5) is 23.4 Å². The summed E-state index contributed by atoms with van der Waals surface area (Å²) in [5.41, 5.74) is 4.78. The van der Waals surface area contributed by atoms with E-state index in [2.05, 4.69) is 4.98 Å². The van der Waals surface area contributed by atoms with Crippen molar-refractivity contribution in [2.75, 3.05) is 5.73 Å². The lowest BCUT2D eigenvalue weighted by molar-refractivity contribution is -0.139. The maximum absolute atomic E-state index is 13.2. The molecule has 102 valence electrons. The zero-order chi connectivity index (χ0) is 14.4. The molecule has 0 saturated heterocycles. The molecule has 2 N–H and O–H groups in total. The number of nitrogens with zero attached hydrogens (tertiary/aromatic N) is 2. The van der Waals surface area contributed by atoms with Crippen molar-refractivity contribution in [2.45, 2.75) is 13.1 Å². The molecule has 0 amide bonds. The van der Waals surface area contributed by atoms with Crippen molar-refractivity contribution in [1.82, 2.24) is 9.55 Å². The van der Waals surface area contributed by atoms with Gasteiger partial charge in [0.25, 0.3) is 0 Å². The molecule has 0 aliphatic rings. The maximum atomic E-state index is 13.2. The number of hydrogen-bond donors (Lipinski definition) is 1. The van der Waals surface area contributed by atoms with Crippen molar-refractivity contribution in [3.63, 3.8) is 0 Å². The highest BCUT2D eigenvalue weighted by molar-refractivity contribution is 5.71. The third kappa shape index (κ3) is 2.27. The maximum Gasteiger partial charge on any atom is 0.419 e. The Morgan fingerprint density at radius 3 is 2.37 bits per heavy atom. The summed E-state index contributed by atoms with van der Waals surface area (Å²) in [7, 11) is 1.65. The van der Waals surface area contributed by atoms with Crippen LogP contribution in [0.3, 0.4) is 0 Å². The second-order valence-corrected chi connectivity index (χ2v) is 4.14. The molecule has 0 bridgehead atoms. The molecule has 0 unspecified atom stereocenters. The van der Waals surface area contributed by atoms with Crippen molar-refractivity contribution in [2.24, 2.45) is 7.05 Å². The minimum Gasteiger partial charge on any atom is -0.383 e. The van der Waals surface area contributed by atoms with Crippen LogP contribution in [0.2, 0.25) is 0 Å². The van der Waals surface area contributed by atoms with Gasteiger partial charge in [-0.25, -0.2) is 9.37 Å². The Morgan fingerprint density at radius 1 is 1.26 bits per heavy atom. The van der Waals surface area contributed by atoms with Crippen molar-refractivity contribution in [1.29, 1.82) is 0 Å². The van der Waals surface area contributed by atoms with E-state index < -0.39 is 17.6 Å². The molecule has 0 saturated carbocycles. The van der Waals surface area contributed by atoms with Crippen LogP contribution < -0.4 is 5.73 Å². The SMILES string of the molecule is Cc1nc(-c2ccc(F)c(C(F)(F)F)c2)c(N)n1C. The molecule has 0 aliphatic carbocycles. The lowest BCUT2D eigenvalue weighted by Gasteiger charge is -2.09. The highest BCUT2D eigenvalue weighted by atomic mass is 19.4. The number of nitrogens with two attached hydrogens (primary N) is 1. The molecule has 7 heteroatoms. The molecule has 0 atom stereocenters. The number of aryl methyl sites for hydroxylation is 1. The second kappa shape index (κ2) is 4.25. The molecule has 0 fully saturated rings. The van der Waals surface area contributed by atoms with Crippen molar-refractivity contribution < 1.29 is 17.6 Å². The predicted octanol–water partition coefficient (Wildman–Crippen LogP) is 3.14. The molecule has 1 aromatic heterocycles. The van der Waals surface area contributed by atoms with Crippen molar-refractivity contribution >= 4 is 5.82 Å². The fourth-order valence-corrected chi connectivity index (χ4v) is 1.73. The molecular weight excluding hydrogens is 262 g/mol. The highest BCUT2D eigenvalue weighted by Gasteiger charge is 2.34. The Kier molecular flexibility index (Phi) is 3.00. The molecule has 2 aromatic rings. The smallest absolute Gasteiger partial charge is 0.383 e. The summed E-state index contributed by atoms with van der Waals surface area (Å²) in [6.07, 6.45) is -4.75. The van der Waals surface area contributed by atoms with Gasteiger partial charge in [-0.1, -0.05) is 0 Å². The molecule has 0 aliphatic heterocycles. The molecule has 19 heavy (non-hydrogen) atoms. The zero-order valence-corrected chi connectivity index (χ0v) is 10.2. The quantitative estimate of drug-likeness (QED) is 0.811. The fourth-order valence-electron chi connectivity index (χ4n) is 1.73. The van der Waals surface area contributed by atoms with E-state index in [4.69, 9.17) is 5.73 Å². The first-order chi connectivity index (χ1) is 8.71.